The second-order valence-electron chi connectivity index (χ2n) is 10.1. The number of rotatable bonds is 10. The minimum atomic E-state index is -0.511. The maximum Gasteiger partial charge on any atom is 0.119 e. The Morgan fingerprint density at radius 1 is 0.688 bits per heavy atom. The van der Waals surface area contributed by atoms with Crippen LogP contribution in [0.2, 0.25) is 0 Å². The summed E-state index contributed by atoms with van der Waals surface area (Å²) >= 11 is 0. The van der Waals surface area contributed by atoms with E-state index in [2.05, 4.69) is 37.5 Å². The first-order valence-electron chi connectivity index (χ1n) is 12.6. The summed E-state index contributed by atoms with van der Waals surface area (Å²) in [6.45, 7) is 10.8. The Labute approximate surface area is 194 Å². The molecule has 1 aromatic carbocycles. The normalized spacial score (nSPS) is 29.4. The van der Waals surface area contributed by atoms with E-state index in [9.17, 15) is 10.2 Å². The van der Waals surface area contributed by atoms with Crippen LogP contribution in [-0.2, 0) is 0 Å². The van der Waals surface area contributed by atoms with Gasteiger partial charge in [-0.2, -0.15) is 0 Å². The van der Waals surface area contributed by atoms with Crippen molar-refractivity contribution in [1.29, 1.82) is 0 Å². The average molecular weight is 449 g/mol. The van der Waals surface area contributed by atoms with Crippen molar-refractivity contribution in [2.75, 3.05) is 26.3 Å². The van der Waals surface area contributed by atoms with Crippen molar-refractivity contribution in [3.05, 3.63) is 24.3 Å². The topological polar surface area (TPSA) is 65.4 Å². The van der Waals surface area contributed by atoms with E-state index in [4.69, 9.17) is 9.47 Å². The molecule has 0 aromatic heterocycles. The molecule has 0 radical (unpaired) electrons. The van der Waals surface area contributed by atoms with Crippen LogP contribution >= 0.6 is 0 Å². The summed E-state index contributed by atoms with van der Waals surface area (Å²) in [5, 5.41) is 20.9. The van der Waals surface area contributed by atoms with E-state index >= 15 is 0 Å². The maximum absolute atomic E-state index is 10.4. The molecule has 2 N–H and O–H groups in total. The van der Waals surface area contributed by atoms with Gasteiger partial charge in [-0.05, 0) is 77.6 Å². The third kappa shape index (κ3) is 7.34. The summed E-state index contributed by atoms with van der Waals surface area (Å²) in [6, 6.07) is 9.49. The summed E-state index contributed by atoms with van der Waals surface area (Å²) in [4.78, 5) is 4.79. The molecule has 0 saturated carbocycles. The van der Waals surface area contributed by atoms with Gasteiger partial charge >= 0.3 is 0 Å². The average Bonchev–Trinajstić information content (AvgIpc) is 2.77. The zero-order valence-electron chi connectivity index (χ0n) is 20.4. The van der Waals surface area contributed by atoms with Gasteiger partial charge in [-0.15, -0.1) is 0 Å². The molecule has 182 valence electrons. The molecule has 6 nitrogen and oxygen atoms in total. The largest absolute Gasteiger partial charge is 0.491 e. The smallest absolute Gasteiger partial charge is 0.119 e. The van der Waals surface area contributed by atoms with Gasteiger partial charge in [0.05, 0.1) is 0 Å². The van der Waals surface area contributed by atoms with E-state index in [-0.39, 0.29) is 13.2 Å². The van der Waals surface area contributed by atoms with Crippen LogP contribution in [0.1, 0.15) is 66.2 Å². The molecule has 6 atom stereocenters. The molecular weight excluding hydrogens is 404 g/mol. The predicted octanol–water partition coefficient (Wildman–Crippen LogP) is 3.69. The summed E-state index contributed by atoms with van der Waals surface area (Å²) in [5.74, 6) is 1.43. The number of aliphatic hydroxyl groups excluding tert-OH is 2. The number of hydrogen-bond acceptors (Lipinski definition) is 6. The molecule has 6 heteroatoms. The molecule has 2 fully saturated rings. The van der Waals surface area contributed by atoms with E-state index < -0.39 is 12.2 Å². The number of likely N-dealkylation sites (tertiary alicyclic amines) is 2. The second-order valence-corrected chi connectivity index (χ2v) is 10.1. The summed E-state index contributed by atoms with van der Waals surface area (Å²) in [6.07, 6.45) is 6.32. The van der Waals surface area contributed by atoms with Gasteiger partial charge in [0.15, 0.2) is 0 Å². The molecule has 2 saturated heterocycles. The Kier molecular flexibility index (Phi) is 9.65. The monoisotopic (exact) mass is 448 g/mol. The van der Waals surface area contributed by atoms with Crippen molar-refractivity contribution in [2.45, 2.75) is 103 Å². The molecular formula is C26H44N2O4. The highest BCUT2D eigenvalue weighted by Crippen LogP contribution is 2.24. The van der Waals surface area contributed by atoms with Crippen LogP contribution in [0.4, 0.5) is 0 Å². The van der Waals surface area contributed by atoms with E-state index in [0.717, 1.165) is 0 Å². The fraction of sp³-hybridized carbons (Fsp3) is 0.769. The van der Waals surface area contributed by atoms with Gasteiger partial charge in [0.25, 0.3) is 0 Å². The van der Waals surface area contributed by atoms with Crippen LogP contribution < -0.4 is 9.47 Å². The van der Waals surface area contributed by atoms with Crippen molar-refractivity contribution < 1.29 is 19.7 Å². The lowest BCUT2D eigenvalue weighted by atomic mass is 9.97. The van der Waals surface area contributed by atoms with E-state index in [1.807, 2.05) is 24.3 Å². The lowest BCUT2D eigenvalue weighted by Gasteiger charge is -2.40. The zero-order chi connectivity index (χ0) is 23.1. The van der Waals surface area contributed by atoms with Crippen LogP contribution in [0.5, 0.6) is 11.5 Å². The zero-order valence-corrected chi connectivity index (χ0v) is 20.4. The van der Waals surface area contributed by atoms with Crippen LogP contribution in [0.15, 0.2) is 24.3 Å². The highest BCUT2D eigenvalue weighted by Gasteiger charge is 2.27. The van der Waals surface area contributed by atoms with Gasteiger partial charge in [-0.3, -0.25) is 9.80 Å². The molecule has 3 rings (SSSR count). The minimum absolute atomic E-state index is 0.279. The van der Waals surface area contributed by atoms with Crippen LogP contribution in [0.3, 0.4) is 0 Å². The molecule has 2 aliphatic heterocycles. The number of hydrogen-bond donors (Lipinski definition) is 2. The molecule has 32 heavy (non-hydrogen) atoms. The summed E-state index contributed by atoms with van der Waals surface area (Å²) in [5.41, 5.74) is 0. The molecule has 2 heterocycles. The lowest BCUT2D eigenvalue weighted by molar-refractivity contribution is 0.0202. The molecule has 0 spiro atoms. The third-order valence-electron chi connectivity index (χ3n) is 7.30. The fourth-order valence-electron chi connectivity index (χ4n) is 5.28. The van der Waals surface area contributed by atoms with Gasteiger partial charge in [0.2, 0.25) is 0 Å². The molecule has 0 bridgehead atoms. The van der Waals surface area contributed by atoms with Crippen molar-refractivity contribution >= 4 is 0 Å². The number of nitrogens with zero attached hydrogens (tertiary/aromatic N) is 2. The van der Waals surface area contributed by atoms with Gasteiger partial charge in [0, 0.05) is 37.3 Å². The quantitative estimate of drug-likeness (QED) is 0.569. The third-order valence-corrected chi connectivity index (χ3v) is 7.30. The standard InChI is InChI=1S/C26H44N2O4/c1-19-7-5-8-20(2)27(19)15-23(29)17-31-25-11-13-26(14-12-25)32-18-24(30)16-28-21(3)9-6-10-22(28)4/h11-14,19-24,29-30H,5-10,15-18H2,1-4H3/t19-,20-,21-,22-,23-,24+/m0/s1. The Balaban J connectivity index is 1.38. The summed E-state index contributed by atoms with van der Waals surface area (Å²) in [7, 11) is 0. The summed E-state index contributed by atoms with van der Waals surface area (Å²) < 4.78 is 11.6. The number of β-amino-alcohol motifs (C(OH)–C–C–N with tert-alkyl or cyclic N) is 2. The number of ether oxygens (including phenoxy) is 2. The highest BCUT2D eigenvalue weighted by molar-refractivity contribution is 5.31. The Hall–Kier alpha value is -1.34. The molecule has 0 unspecified atom stereocenters. The lowest BCUT2D eigenvalue weighted by Crippen LogP contribution is -2.48. The van der Waals surface area contributed by atoms with Gasteiger partial charge in [-0.1, -0.05) is 12.8 Å². The number of benzene rings is 1. The Morgan fingerprint density at radius 3 is 1.31 bits per heavy atom. The van der Waals surface area contributed by atoms with Crippen LogP contribution in [0, 0.1) is 0 Å². The fourth-order valence-corrected chi connectivity index (χ4v) is 5.28. The van der Waals surface area contributed by atoms with E-state index in [1.165, 1.54) is 38.5 Å². The van der Waals surface area contributed by atoms with Gasteiger partial charge in [0.1, 0.15) is 36.9 Å². The van der Waals surface area contributed by atoms with Crippen molar-refractivity contribution in [3.63, 3.8) is 0 Å². The predicted molar refractivity (Wildman–Crippen MR) is 128 cm³/mol. The highest BCUT2D eigenvalue weighted by atomic mass is 16.5. The Bertz CT molecular complexity index is 593. The second kappa shape index (κ2) is 12.2. The van der Waals surface area contributed by atoms with Crippen molar-refractivity contribution in [1.82, 2.24) is 9.80 Å². The number of aliphatic hydroxyl groups is 2. The van der Waals surface area contributed by atoms with Crippen molar-refractivity contribution in [2.24, 2.45) is 0 Å². The van der Waals surface area contributed by atoms with Gasteiger partial charge in [-0.25, -0.2) is 0 Å². The minimum Gasteiger partial charge on any atom is -0.491 e. The molecule has 0 amide bonds. The first kappa shape index (κ1) is 25.3. The van der Waals surface area contributed by atoms with Crippen molar-refractivity contribution in [3.8, 4) is 11.5 Å². The molecule has 2 aliphatic rings. The van der Waals surface area contributed by atoms with Crippen LogP contribution in [-0.4, -0.2) is 82.7 Å². The first-order chi connectivity index (χ1) is 15.3. The van der Waals surface area contributed by atoms with Crippen LogP contribution in [0.25, 0.3) is 0 Å². The number of piperidine rings is 2. The SMILES string of the molecule is C[C@H]1CCC[C@H](C)N1C[C@H](O)COc1ccc(OC[C@H](O)CN2[C@@H](C)CCC[C@@H]2C)cc1. The Morgan fingerprint density at radius 2 is 1.00 bits per heavy atom. The maximum atomic E-state index is 10.4. The molecule has 0 aliphatic carbocycles. The van der Waals surface area contributed by atoms with Gasteiger partial charge < -0.3 is 19.7 Å². The van der Waals surface area contributed by atoms with E-state index in [0.29, 0.717) is 48.8 Å². The molecule has 1 aromatic rings. The van der Waals surface area contributed by atoms with E-state index in [1.54, 1.807) is 0 Å². The first-order valence-corrected chi connectivity index (χ1v) is 12.6.